The first kappa shape index (κ1) is 15.3. The molecular formula is C15H19ClN2OS. The van der Waals surface area contributed by atoms with Crippen LogP contribution in [0.2, 0.25) is 5.02 Å². The summed E-state index contributed by atoms with van der Waals surface area (Å²) in [4.78, 5) is 4.21. The van der Waals surface area contributed by atoms with E-state index in [1.165, 1.54) is 0 Å². The molecule has 0 saturated carbocycles. The Morgan fingerprint density at radius 2 is 2.15 bits per heavy atom. The van der Waals surface area contributed by atoms with Crippen molar-refractivity contribution < 1.29 is 4.74 Å². The number of aromatic nitrogens is 1. The van der Waals surface area contributed by atoms with Crippen molar-refractivity contribution in [3.05, 3.63) is 45.4 Å². The van der Waals surface area contributed by atoms with Crippen molar-refractivity contribution in [1.82, 2.24) is 10.3 Å². The zero-order valence-electron chi connectivity index (χ0n) is 11.9. The summed E-state index contributed by atoms with van der Waals surface area (Å²) < 4.78 is 5.85. The number of ether oxygens (including phenoxy) is 1. The van der Waals surface area contributed by atoms with Crippen LogP contribution in [0.4, 0.5) is 0 Å². The van der Waals surface area contributed by atoms with Gasteiger partial charge in [-0.05, 0) is 26.8 Å². The predicted octanol–water partition coefficient (Wildman–Crippen LogP) is 4.26. The van der Waals surface area contributed by atoms with Crippen molar-refractivity contribution in [2.24, 2.45) is 0 Å². The van der Waals surface area contributed by atoms with Crippen LogP contribution in [0.25, 0.3) is 0 Å². The molecule has 1 heterocycles. The number of hydrogen-bond acceptors (Lipinski definition) is 4. The molecule has 0 amide bonds. The summed E-state index contributed by atoms with van der Waals surface area (Å²) in [5, 5.41) is 6.96. The Bertz CT molecular complexity index is 549. The van der Waals surface area contributed by atoms with Crippen LogP contribution in [0.3, 0.4) is 0 Å². The topological polar surface area (TPSA) is 34.1 Å². The van der Waals surface area contributed by atoms with Gasteiger partial charge in [-0.15, -0.1) is 11.3 Å². The minimum Gasteiger partial charge on any atom is -0.485 e. The van der Waals surface area contributed by atoms with Gasteiger partial charge in [-0.25, -0.2) is 4.98 Å². The molecule has 0 spiro atoms. The summed E-state index contributed by atoms with van der Waals surface area (Å²) in [6.07, 6.45) is 1.78. The van der Waals surface area contributed by atoms with E-state index >= 15 is 0 Å². The molecule has 0 atom stereocenters. The molecule has 0 aliphatic rings. The van der Waals surface area contributed by atoms with E-state index in [4.69, 9.17) is 16.3 Å². The molecule has 0 unspecified atom stereocenters. The Morgan fingerprint density at radius 3 is 2.80 bits per heavy atom. The number of halogens is 1. The first-order valence-electron chi connectivity index (χ1n) is 6.49. The minimum absolute atomic E-state index is 0.0505. The van der Waals surface area contributed by atoms with Crippen LogP contribution in [0.5, 0.6) is 5.75 Å². The van der Waals surface area contributed by atoms with E-state index in [1.807, 2.05) is 23.6 Å². The number of para-hydroxylation sites is 1. The fourth-order valence-corrected chi connectivity index (χ4v) is 2.45. The maximum absolute atomic E-state index is 6.25. The van der Waals surface area contributed by atoms with Crippen LogP contribution in [0.1, 0.15) is 31.3 Å². The summed E-state index contributed by atoms with van der Waals surface area (Å²) in [5.41, 5.74) is 1.11. The standard InChI is InChI=1S/C15H19ClN2OS/c1-15(2,3)18-9-11-5-4-6-12(16)14(11)19-10-13-17-7-8-20-13/h4-8,18H,9-10H2,1-3H3. The van der Waals surface area contributed by atoms with Crippen molar-refractivity contribution in [3.8, 4) is 5.75 Å². The summed E-state index contributed by atoms with van der Waals surface area (Å²) in [7, 11) is 0. The number of rotatable bonds is 5. The number of hydrogen-bond donors (Lipinski definition) is 1. The molecule has 0 aliphatic heterocycles. The van der Waals surface area contributed by atoms with Crippen LogP contribution in [0, 0.1) is 0 Å². The van der Waals surface area contributed by atoms with Crippen LogP contribution < -0.4 is 10.1 Å². The number of thiazole rings is 1. The third-order valence-electron chi connectivity index (χ3n) is 2.68. The van der Waals surface area contributed by atoms with Gasteiger partial charge in [0.1, 0.15) is 17.4 Å². The fourth-order valence-electron chi connectivity index (χ4n) is 1.67. The van der Waals surface area contributed by atoms with E-state index in [9.17, 15) is 0 Å². The molecule has 2 aromatic rings. The van der Waals surface area contributed by atoms with Crippen molar-refractivity contribution >= 4 is 22.9 Å². The summed E-state index contributed by atoms with van der Waals surface area (Å²) in [6.45, 7) is 7.57. The average Bonchev–Trinajstić information content (AvgIpc) is 2.87. The molecule has 0 bridgehead atoms. The zero-order chi connectivity index (χ0) is 14.6. The second-order valence-electron chi connectivity index (χ2n) is 5.55. The third kappa shape index (κ3) is 4.47. The highest BCUT2D eigenvalue weighted by atomic mass is 35.5. The largest absolute Gasteiger partial charge is 0.485 e. The van der Waals surface area contributed by atoms with E-state index in [1.54, 1.807) is 17.5 Å². The summed E-state index contributed by atoms with van der Waals surface area (Å²) in [6, 6.07) is 5.82. The molecule has 5 heteroatoms. The SMILES string of the molecule is CC(C)(C)NCc1cccc(Cl)c1OCc1nccs1. The van der Waals surface area contributed by atoms with Crippen molar-refractivity contribution in [2.45, 2.75) is 39.5 Å². The summed E-state index contributed by atoms with van der Waals surface area (Å²) in [5.74, 6) is 0.737. The molecule has 0 saturated heterocycles. The van der Waals surface area contributed by atoms with Gasteiger partial charge >= 0.3 is 0 Å². The lowest BCUT2D eigenvalue weighted by Gasteiger charge is -2.22. The Labute approximate surface area is 129 Å². The van der Waals surface area contributed by atoms with E-state index in [0.29, 0.717) is 11.6 Å². The molecule has 1 aromatic carbocycles. The molecule has 0 radical (unpaired) electrons. The molecule has 0 fully saturated rings. The van der Waals surface area contributed by atoms with E-state index < -0.39 is 0 Å². The van der Waals surface area contributed by atoms with Crippen LogP contribution in [-0.4, -0.2) is 10.5 Å². The highest BCUT2D eigenvalue weighted by molar-refractivity contribution is 7.09. The first-order valence-corrected chi connectivity index (χ1v) is 7.75. The van der Waals surface area contributed by atoms with Gasteiger partial charge in [0.25, 0.3) is 0 Å². The third-order valence-corrected chi connectivity index (χ3v) is 3.73. The average molecular weight is 311 g/mol. The highest BCUT2D eigenvalue weighted by Gasteiger charge is 2.13. The smallest absolute Gasteiger partial charge is 0.143 e. The van der Waals surface area contributed by atoms with Gasteiger partial charge < -0.3 is 10.1 Å². The van der Waals surface area contributed by atoms with Crippen LogP contribution in [0.15, 0.2) is 29.8 Å². The van der Waals surface area contributed by atoms with Gasteiger partial charge in [-0.1, -0.05) is 23.7 Å². The molecule has 1 N–H and O–H groups in total. The molecule has 0 aliphatic carbocycles. The number of nitrogens with one attached hydrogen (secondary N) is 1. The number of nitrogens with zero attached hydrogens (tertiary/aromatic N) is 1. The Morgan fingerprint density at radius 1 is 1.35 bits per heavy atom. The predicted molar refractivity (Wildman–Crippen MR) is 84.5 cm³/mol. The lowest BCUT2D eigenvalue weighted by molar-refractivity contribution is 0.299. The van der Waals surface area contributed by atoms with Crippen molar-refractivity contribution in [1.29, 1.82) is 0 Å². The Balaban J connectivity index is 2.09. The normalized spacial score (nSPS) is 11.6. The first-order chi connectivity index (χ1) is 9.46. The maximum Gasteiger partial charge on any atom is 0.143 e. The molecule has 108 valence electrons. The maximum atomic E-state index is 6.25. The van der Waals surface area contributed by atoms with Gasteiger partial charge in [0, 0.05) is 29.2 Å². The van der Waals surface area contributed by atoms with Gasteiger partial charge in [-0.3, -0.25) is 0 Å². The van der Waals surface area contributed by atoms with Gasteiger partial charge in [0.15, 0.2) is 0 Å². The quantitative estimate of drug-likeness (QED) is 0.896. The number of benzene rings is 1. The Kier molecular flexibility index (Phi) is 5.02. The zero-order valence-corrected chi connectivity index (χ0v) is 13.5. The molecule has 3 nitrogen and oxygen atoms in total. The Hall–Kier alpha value is -1.10. The van der Waals surface area contributed by atoms with E-state index in [2.05, 4.69) is 31.1 Å². The van der Waals surface area contributed by atoms with Gasteiger partial charge in [0.05, 0.1) is 5.02 Å². The van der Waals surface area contributed by atoms with Crippen molar-refractivity contribution in [2.75, 3.05) is 0 Å². The van der Waals surface area contributed by atoms with E-state index in [-0.39, 0.29) is 5.54 Å². The monoisotopic (exact) mass is 310 g/mol. The van der Waals surface area contributed by atoms with Crippen molar-refractivity contribution in [3.63, 3.8) is 0 Å². The highest BCUT2D eigenvalue weighted by Crippen LogP contribution is 2.30. The lowest BCUT2D eigenvalue weighted by Crippen LogP contribution is -2.35. The minimum atomic E-state index is 0.0505. The lowest BCUT2D eigenvalue weighted by atomic mass is 10.1. The van der Waals surface area contributed by atoms with Gasteiger partial charge in [0.2, 0.25) is 0 Å². The van der Waals surface area contributed by atoms with E-state index in [0.717, 1.165) is 22.9 Å². The fraction of sp³-hybridized carbons (Fsp3) is 0.400. The molecule has 1 aromatic heterocycles. The second-order valence-corrected chi connectivity index (χ2v) is 6.93. The molecular weight excluding hydrogens is 292 g/mol. The van der Waals surface area contributed by atoms with Crippen LogP contribution >= 0.6 is 22.9 Å². The summed E-state index contributed by atoms with van der Waals surface area (Å²) >= 11 is 7.83. The second kappa shape index (κ2) is 6.57. The molecule has 2 rings (SSSR count). The molecule has 20 heavy (non-hydrogen) atoms. The van der Waals surface area contributed by atoms with Crippen LogP contribution in [-0.2, 0) is 13.2 Å². The van der Waals surface area contributed by atoms with Gasteiger partial charge in [-0.2, -0.15) is 0 Å².